The number of unbranched alkanes of at least 4 members (excludes halogenated alkanes) is 1. The lowest BCUT2D eigenvalue weighted by molar-refractivity contribution is -0.158. The molecule has 0 unspecified atom stereocenters. The quantitative estimate of drug-likeness (QED) is 0.306. The minimum absolute atomic E-state index is 0.283. The molecule has 0 fully saturated rings. The third kappa shape index (κ3) is 13.8. The van der Waals surface area contributed by atoms with E-state index in [-0.39, 0.29) is 6.42 Å². The average molecular weight is 528 g/mol. The van der Waals surface area contributed by atoms with Crippen molar-refractivity contribution < 1.29 is 33.4 Å². The van der Waals surface area contributed by atoms with E-state index >= 15 is 0 Å². The summed E-state index contributed by atoms with van der Waals surface area (Å²) in [6.45, 7) is 12.2. The standard InChI is InChI=1S/C25H38ClN3O7/c1-16-14-17(26)11-12-19(16)34-22(32)28-15-20(30)29-18(21(31)35-24(2,3)4)10-8-9-13-27-23(33)36-25(5,6)7/h11-12,14,18H,8-10,13,15H2,1-7H3,(H,27,33)(H,28,32)(H,29,30)/t18-/m0/s1. The van der Waals surface area contributed by atoms with Gasteiger partial charge in [0.05, 0.1) is 0 Å². The fourth-order valence-electron chi connectivity index (χ4n) is 2.86. The van der Waals surface area contributed by atoms with Gasteiger partial charge in [0.1, 0.15) is 29.5 Å². The molecule has 36 heavy (non-hydrogen) atoms. The molecule has 0 aliphatic carbocycles. The molecule has 1 rings (SSSR count). The Labute approximate surface area is 217 Å². The topological polar surface area (TPSA) is 132 Å². The van der Waals surface area contributed by atoms with E-state index in [1.165, 1.54) is 0 Å². The molecule has 11 heteroatoms. The number of halogens is 1. The lowest BCUT2D eigenvalue weighted by Crippen LogP contribution is -2.47. The first-order chi connectivity index (χ1) is 16.6. The van der Waals surface area contributed by atoms with Gasteiger partial charge in [0.25, 0.3) is 0 Å². The molecular formula is C25H38ClN3O7. The number of aryl methyl sites for hydroxylation is 1. The Balaban J connectivity index is 2.56. The number of ether oxygens (including phenoxy) is 3. The Kier molecular flexibility index (Phi) is 12.0. The number of carbonyl (C=O) groups is 4. The largest absolute Gasteiger partial charge is 0.458 e. The zero-order valence-corrected chi connectivity index (χ0v) is 22.8. The summed E-state index contributed by atoms with van der Waals surface area (Å²) in [5.41, 5.74) is -0.672. The summed E-state index contributed by atoms with van der Waals surface area (Å²) in [6, 6.07) is 3.85. The maximum Gasteiger partial charge on any atom is 0.413 e. The highest BCUT2D eigenvalue weighted by Gasteiger charge is 2.26. The molecule has 202 valence electrons. The van der Waals surface area contributed by atoms with Crippen LogP contribution in [0.2, 0.25) is 5.02 Å². The summed E-state index contributed by atoms with van der Waals surface area (Å²) in [5.74, 6) is -0.859. The second-order valence-electron chi connectivity index (χ2n) is 10.2. The number of nitrogens with one attached hydrogen (secondary N) is 3. The third-order valence-electron chi connectivity index (χ3n) is 4.35. The van der Waals surface area contributed by atoms with Crippen LogP contribution in [-0.2, 0) is 19.1 Å². The fraction of sp³-hybridized carbons (Fsp3) is 0.600. The summed E-state index contributed by atoms with van der Waals surface area (Å²) in [6.07, 6.45) is 0.0133. The monoisotopic (exact) mass is 527 g/mol. The number of carbonyl (C=O) groups excluding carboxylic acids is 4. The summed E-state index contributed by atoms with van der Waals surface area (Å²) < 4.78 is 15.8. The fourth-order valence-corrected chi connectivity index (χ4v) is 3.09. The van der Waals surface area contributed by atoms with E-state index in [0.717, 1.165) is 0 Å². The van der Waals surface area contributed by atoms with E-state index in [2.05, 4.69) is 16.0 Å². The summed E-state index contributed by atoms with van der Waals surface area (Å²) in [5, 5.41) is 8.10. The van der Waals surface area contributed by atoms with Crippen molar-refractivity contribution >= 4 is 35.7 Å². The first-order valence-electron chi connectivity index (χ1n) is 11.8. The Bertz CT molecular complexity index is 923. The molecular weight excluding hydrogens is 490 g/mol. The number of amides is 3. The van der Waals surface area contributed by atoms with E-state index in [0.29, 0.717) is 35.7 Å². The van der Waals surface area contributed by atoms with Crippen molar-refractivity contribution in [1.82, 2.24) is 16.0 Å². The van der Waals surface area contributed by atoms with Crippen LogP contribution in [0, 0.1) is 6.92 Å². The number of rotatable bonds is 10. The summed E-state index contributed by atoms with van der Waals surface area (Å²) in [7, 11) is 0. The SMILES string of the molecule is Cc1cc(Cl)ccc1OC(=O)NCC(=O)N[C@@H](CCCCNC(=O)OC(C)(C)C)C(=O)OC(C)(C)C. The Morgan fingerprint density at radius 1 is 0.917 bits per heavy atom. The molecule has 3 N–H and O–H groups in total. The Morgan fingerprint density at radius 2 is 1.56 bits per heavy atom. The van der Waals surface area contributed by atoms with Crippen LogP contribution in [-0.4, -0.2) is 54.4 Å². The van der Waals surface area contributed by atoms with Gasteiger partial charge in [-0.25, -0.2) is 14.4 Å². The molecule has 0 aliphatic heterocycles. The van der Waals surface area contributed by atoms with Crippen LogP contribution in [0.3, 0.4) is 0 Å². The predicted octanol–water partition coefficient (Wildman–Crippen LogP) is 4.26. The molecule has 0 aromatic heterocycles. The molecule has 0 bridgehead atoms. The lowest BCUT2D eigenvalue weighted by Gasteiger charge is -2.24. The van der Waals surface area contributed by atoms with Crippen molar-refractivity contribution in [3.63, 3.8) is 0 Å². The van der Waals surface area contributed by atoms with E-state index in [9.17, 15) is 19.2 Å². The van der Waals surface area contributed by atoms with Crippen LogP contribution < -0.4 is 20.7 Å². The van der Waals surface area contributed by atoms with Crippen molar-refractivity contribution in [1.29, 1.82) is 0 Å². The first-order valence-corrected chi connectivity index (χ1v) is 12.1. The van der Waals surface area contributed by atoms with Gasteiger partial charge in [-0.05, 0) is 91.5 Å². The van der Waals surface area contributed by atoms with Gasteiger partial charge in [-0.3, -0.25) is 4.79 Å². The average Bonchev–Trinajstić information content (AvgIpc) is 2.70. The maximum absolute atomic E-state index is 12.6. The van der Waals surface area contributed by atoms with Gasteiger partial charge in [0, 0.05) is 11.6 Å². The van der Waals surface area contributed by atoms with E-state index in [4.69, 9.17) is 25.8 Å². The number of alkyl carbamates (subject to hydrolysis) is 1. The zero-order valence-electron chi connectivity index (χ0n) is 22.1. The molecule has 1 aromatic carbocycles. The van der Waals surface area contributed by atoms with E-state index in [1.54, 1.807) is 66.7 Å². The van der Waals surface area contributed by atoms with Crippen LogP contribution in [0.5, 0.6) is 5.75 Å². The number of benzene rings is 1. The zero-order chi connectivity index (χ0) is 27.5. The Hall–Kier alpha value is -3.01. The minimum atomic E-state index is -0.922. The summed E-state index contributed by atoms with van der Waals surface area (Å²) >= 11 is 5.89. The highest BCUT2D eigenvalue weighted by molar-refractivity contribution is 6.30. The molecule has 0 heterocycles. The van der Waals surface area contributed by atoms with Crippen molar-refractivity contribution in [2.45, 2.75) is 85.0 Å². The van der Waals surface area contributed by atoms with Gasteiger partial charge in [-0.1, -0.05) is 11.6 Å². The van der Waals surface area contributed by atoms with Gasteiger partial charge >= 0.3 is 18.2 Å². The second kappa shape index (κ2) is 13.9. The molecule has 0 spiro atoms. The normalized spacial score (nSPS) is 12.2. The molecule has 3 amide bonds. The van der Waals surface area contributed by atoms with Crippen LogP contribution in [0.1, 0.15) is 66.4 Å². The van der Waals surface area contributed by atoms with E-state index < -0.39 is 47.9 Å². The number of hydrogen-bond acceptors (Lipinski definition) is 7. The third-order valence-corrected chi connectivity index (χ3v) is 4.58. The Morgan fingerprint density at radius 3 is 2.14 bits per heavy atom. The second-order valence-corrected chi connectivity index (χ2v) is 10.7. The van der Waals surface area contributed by atoms with Crippen molar-refractivity contribution in [2.75, 3.05) is 13.1 Å². The highest BCUT2D eigenvalue weighted by Crippen LogP contribution is 2.21. The predicted molar refractivity (Wildman–Crippen MR) is 136 cm³/mol. The molecule has 1 aromatic rings. The van der Waals surface area contributed by atoms with E-state index in [1.807, 2.05) is 0 Å². The molecule has 1 atom stereocenters. The number of esters is 1. The van der Waals surface area contributed by atoms with Gasteiger partial charge in [-0.2, -0.15) is 0 Å². The smallest absolute Gasteiger partial charge is 0.413 e. The van der Waals surface area contributed by atoms with Gasteiger partial charge < -0.3 is 30.2 Å². The van der Waals surface area contributed by atoms with Crippen molar-refractivity contribution in [3.05, 3.63) is 28.8 Å². The lowest BCUT2D eigenvalue weighted by atomic mass is 10.1. The minimum Gasteiger partial charge on any atom is -0.458 e. The van der Waals surface area contributed by atoms with Crippen LogP contribution in [0.4, 0.5) is 9.59 Å². The summed E-state index contributed by atoms with van der Waals surface area (Å²) in [4.78, 5) is 48.8. The van der Waals surface area contributed by atoms with Gasteiger partial charge in [-0.15, -0.1) is 0 Å². The van der Waals surface area contributed by atoms with Crippen molar-refractivity contribution in [3.8, 4) is 5.75 Å². The highest BCUT2D eigenvalue weighted by atomic mass is 35.5. The molecule has 0 saturated heterocycles. The molecule has 0 radical (unpaired) electrons. The molecule has 0 saturated carbocycles. The molecule has 10 nitrogen and oxygen atoms in total. The van der Waals surface area contributed by atoms with Crippen LogP contribution >= 0.6 is 11.6 Å². The van der Waals surface area contributed by atoms with Crippen LogP contribution in [0.15, 0.2) is 18.2 Å². The maximum atomic E-state index is 12.6. The molecule has 0 aliphatic rings. The first kappa shape index (κ1) is 31.0. The van der Waals surface area contributed by atoms with Crippen LogP contribution in [0.25, 0.3) is 0 Å². The van der Waals surface area contributed by atoms with Gasteiger partial charge in [0.2, 0.25) is 5.91 Å². The van der Waals surface area contributed by atoms with Crippen molar-refractivity contribution in [2.24, 2.45) is 0 Å². The van der Waals surface area contributed by atoms with Gasteiger partial charge in [0.15, 0.2) is 0 Å². The number of hydrogen-bond donors (Lipinski definition) is 3.